The summed E-state index contributed by atoms with van der Waals surface area (Å²) in [5.41, 5.74) is 2.89. The van der Waals surface area contributed by atoms with E-state index in [0.29, 0.717) is 11.3 Å². The van der Waals surface area contributed by atoms with Gasteiger partial charge in [-0.15, -0.1) is 0 Å². The van der Waals surface area contributed by atoms with Gasteiger partial charge in [0.1, 0.15) is 6.10 Å². The van der Waals surface area contributed by atoms with Crippen LogP contribution in [-0.4, -0.2) is 15.2 Å². The molecule has 0 aliphatic heterocycles. The van der Waals surface area contributed by atoms with E-state index in [-0.39, 0.29) is 0 Å². The second-order valence-electron chi connectivity index (χ2n) is 7.71. The molecule has 4 aromatic carbocycles. The summed E-state index contributed by atoms with van der Waals surface area (Å²) in [6.45, 7) is 0. The first-order valence-electron chi connectivity index (χ1n) is 10.4. The van der Waals surface area contributed by atoms with Crippen molar-refractivity contribution in [2.75, 3.05) is 0 Å². The number of aliphatic hydroxyl groups excluding tert-OH is 1. The molecule has 5 aromatic rings. The Kier molecular flexibility index (Phi) is 4.91. The quantitative estimate of drug-likeness (QED) is 0.360. The minimum absolute atomic E-state index is 0.572. The number of aromatic nitrogens is 1. The third kappa shape index (κ3) is 3.25. The van der Waals surface area contributed by atoms with Gasteiger partial charge in [0.15, 0.2) is 5.60 Å². The minimum atomic E-state index is -1.47. The maximum absolute atomic E-state index is 12.4. The molecule has 3 heteroatoms. The van der Waals surface area contributed by atoms with Crippen LogP contribution in [0.3, 0.4) is 0 Å². The summed E-state index contributed by atoms with van der Waals surface area (Å²) >= 11 is 0. The summed E-state index contributed by atoms with van der Waals surface area (Å²) in [6, 6.07) is 36.6. The fourth-order valence-electron chi connectivity index (χ4n) is 4.35. The lowest BCUT2D eigenvalue weighted by Crippen LogP contribution is -2.31. The van der Waals surface area contributed by atoms with Crippen molar-refractivity contribution in [1.82, 2.24) is 4.98 Å². The molecule has 0 bridgehead atoms. The van der Waals surface area contributed by atoms with E-state index in [9.17, 15) is 10.2 Å². The third-order valence-electron chi connectivity index (χ3n) is 5.88. The van der Waals surface area contributed by atoms with Gasteiger partial charge in [-0.25, -0.2) is 0 Å². The van der Waals surface area contributed by atoms with E-state index in [4.69, 9.17) is 0 Å². The standard InChI is InChI=1S/C28H23NO2/c30-26(20-12-4-1-5-13-20)25-23-18-10-11-19-24(23)29-27(25)28(31,21-14-6-2-7-15-21)22-16-8-3-9-17-22/h1-19,26,29-31H. The fourth-order valence-corrected chi connectivity index (χ4v) is 4.35. The normalized spacial score (nSPS) is 12.7. The van der Waals surface area contributed by atoms with Crippen molar-refractivity contribution in [2.45, 2.75) is 11.7 Å². The first kappa shape index (κ1) is 19.3. The molecule has 0 saturated carbocycles. The van der Waals surface area contributed by atoms with Crippen molar-refractivity contribution < 1.29 is 10.2 Å². The van der Waals surface area contributed by atoms with Gasteiger partial charge in [-0.2, -0.15) is 0 Å². The maximum atomic E-state index is 12.4. The lowest BCUT2D eigenvalue weighted by Gasteiger charge is -2.31. The van der Waals surface area contributed by atoms with E-state index < -0.39 is 11.7 Å². The first-order chi connectivity index (χ1) is 15.2. The summed E-state index contributed by atoms with van der Waals surface area (Å²) < 4.78 is 0. The summed E-state index contributed by atoms with van der Waals surface area (Å²) in [5, 5.41) is 24.7. The van der Waals surface area contributed by atoms with Crippen LogP contribution in [0.4, 0.5) is 0 Å². The highest BCUT2D eigenvalue weighted by molar-refractivity contribution is 5.86. The Labute approximate surface area is 181 Å². The van der Waals surface area contributed by atoms with Gasteiger partial charge >= 0.3 is 0 Å². The number of hydrogen-bond acceptors (Lipinski definition) is 2. The minimum Gasteiger partial charge on any atom is -0.384 e. The highest BCUT2D eigenvalue weighted by Gasteiger charge is 2.39. The number of nitrogens with one attached hydrogen (secondary N) is 1. The Morgan fingerprint density at radius 3 is 1.68 bits per heavy atom. The molecular weight excluding hydrogens is 382 g/mol. The highest BCUT2D eigenvalue weighted by Crippen LogP contribution is 2.43. The molecule has 0 saturated heterocycles. The number of hydrogen-bond donors (Lipinski definition) is 3. The number of fused-ring (bicyclic) bond motifs is 1. The van der Waals surface area contributed by atoms with Crippen LogP contribution < -0.4 is 0 Å². The Balaban J connectivity index is 1.84. The molecule has 3 nitrogen and oxygen atoms in total. The summed E-state index contributed by atoms with van der Waals surface area (Å²) in [6.07, 6.45) is -0.897. The molecule has 0 aliphatic rings. The van der Waals surface area contributed by atoms with E-state index in [1.165, 1.54) is 0 Å². The average Bonchev–Trinajstić information content (AvgIpc) is 3.25. The Morgan fingerprint density at radius 1 is 0.613 bits per heavy atom. The van der Waals surface area contributed by atoms with E-state index in [1.807, 2.05) is 115 Å². The summed E-state index contributed by atoms with van der Waals surface area (Å²) in [7, 11) is 0. The number of aromatic amines is 1. The van der Waals surface area contributed by atoms with Crippen molar-refractivity contribution in [1.29, 1.82) is 0 Å². The predicted octanol–water partition coefficient (Wildman–Crippen LogP) is 5.53. The van der Waals surface area contributed by atoms with Crippen LogP contribution in [0.15, 0.2) is 115 Å². The Morgan fingerprint density at radius 2 is 1.10 bits per heavy atom. The molecular formula is C28H23NO2. The second kappa shape index (κ2) is 7.88. The first-order valence-corrected chi connectivity index (χ1v) is 10.4. The number of benzene rings is 4. The molecule has 1 unspecified atom stereocenters. The molecule has 1 heterocycles. The smallest absolute Gasteiger partial charge is 0.155 e. The molecule has 0 amide bonds. The van der Waals surface area contributed by atoms with Crippen molar-refractivity contribution in [2.24, 2.45) is 0 Å². The van der Waals surface area contributed by atoms with Crippen molar-refractivity contribution in [3.05, 3.63) is 143 Å². The van der Waals surface area contributed by atoms with E-state index in [2.05, 4.69) is 4.98 Å². The van der Waals surface area contributed by atoms with Gasteiger partial charge in [0, 0.05) is 16.5 Å². The van der Waals surface area contributed by atoms with Crippen LogP contribution >= 0.6 is 0 Å². The molecule has 0 radical (unpaired) electrons. The van der Waals surface area contributed by atoms with Crippen molar-refractivity contribution in [3.63, 3.8) is 0 Å². The monoisotopic (exact) mass is 405 g/mol. The third-order valence-corrected chi connectivity index (χ3v) is 5.88. The zero-order valence-electron chi connectivity index (χ0n) is 16.9. The summed E-state index contributed by atoms with van der Waals surface area (Å²) in [5.74, 6) is 0. The van der Waals surface area contributed by atoms with Crippen LogP contribution in [-0.2, 0) is 5.60 Å². The molecule has 1 atom stereocenters. The van der Waals surface area contributed by atoms with Gasteiger partial charge in [0.05, 0.1) is 5.69 Å². The average molecular weight is 405 g/mol. The van der Waals surface area contributed by atoms with Crippen LogP contribution in [0.5, 0.6) is 0 Å². The van der Waals surface area contributed by atoms with E-state index in [0.717, 1.165) is 27.6 Å². The molecule has 0 aliphatic carbocycles. The lowest BCUT2D eigenvalue weighted by molar-refractivity contribution is 0.116. The van der Waals surface area contributed by atoms with Gasteiger partial charge in [0.2, 0.25) is 0 Å². The molecule has 0 spiro atoms. The van der Waals surface area contributed by atoms with Gasteiger partial charge in [-0.05, 0) is 22.8 Å². The molecule has 152 valence electrons. The number of aliphatic hydroxyl groups is 2. The fraction of sp³-hybridized carbons (Fsp3) is 0.0714. The SMILES string of the molecule is OC(c1ccccc1)c1c(C(O)(c2ccccc2)c2ccccc2)[nH]c2ccccc12. The zero-order valence-corrected chi connectivity index (χ0v) is 16.9. The van der Waals surface area contributed by atoms with Gasteiger partial charge < -0.3 is 15.2 Å². The predicted molar refractivity (Wildman–Crippen MR) is 124 cm³/mol. The number of H-pyrrole nitrogens is 1. The van der Waals surface area contributed by atoms with E-state index in [1.54, 1.807) is 0 Å². The maximum Gasteiger partial charge on any atom is 0.155 e. The van der Waals surface area contributed by atoms with E-state index >= 15 is 0 Å². The number of rotatable bonds is 5. The van der Waals surface area contributed by atoms with Crippen LogP contribution in [0.2, 0.25) is 0 Å². The molecule has 0 fully saturated rings. The Bertz CT molecular complexity index is 1250. The second-order valence-corrected chi connectivity index (χ2v) is 7.71. The molecule has 31 heavy (non-hydrogen) atoms. The van der Waals surface area contributed by atoms with Crippen LogP contribution in [0, 0.1) is 0 Å². The largest absolute Gasteiger partial charge is 0.384 e. The summed E-state index contributed by atoms with van der Waals surface area (Å²) in [4.78, 5) is 3.44. The lowest BCUT2D eigenvalue weighted by atomic mass is 9.80. The highest BCUT2D eigenvalue weighted by atomic mass is 16.3. The molecule has 1 aromatic heterocycles. The van der Waals surface area contributed by atoms with Crippen LogP contribution in [0.25, 0.3) is 10.9 Å². The van der Waals surface area contributed by atoms with Crippen LogP contribution in [0.1, 0.15) is 34.1 Å². The van der Waals surface area contributed by atoms with Crippen molar-refractivity contribution >= 4 is 10.9 Å². The van der Waals surface area contributed by atoms with Gasteiger partial charge in [-0.1, -0.05) is 109 Å². The molecule has 5 rings (SSSR count). The van der Waals surface area contributed by atoms with Gasteiger partial charge in [0.25, 0.3) is 0 Å². The Hall–Kier alpha value is -3.66. The number of para-hydroxylation sites is 1. The van der Waals surface area contributed by atoms with Crippen molar-refractivity contribution in [3.8, 4) is 0 Å². The topological polar surface area (TPSA) is 56.2 Å². The zero-order chi connectivity index (χ0) is 21.3. The molecule has 3 N–H and O–H groups in total. The van der Waals surface area contributed by atoms with Gasteiger partial charge in [-0.3, -0.25) is 0 Å².